The van der Waals surface area contributed by atoms with Gasteiger partial charge in [-0.2, -0.15) is 4.72 Å². The molecule has 11 nitrogen and oxygen atoms in total. The first kappa shape index (κ1) is 29.4. The molecule has 1 aliphatic rings. The monoisotopic (exact) mass is 585 g/mol. The Bertz CT molecular complexity index is 1460. The number of hydrogen-bond acceptors (Lipinski definition) is 8. The number of carbonyl (C=O) groups is 2. The van der Waals surface area contributed by atoms with E-state index in [0.717, 1.165) is 19.3 Å². The number of sulfonamides is 1. The van der Waals surface area contributed by atoms with Gasteiger partial charge < -0.3 is 21.7 Å². The van der Waals surface area contributed by atoms with Crippen molar-refractivity contribution < 1.29 is 18.0 Å². The first-order chi connectivity index (χ1) is 19.2. The van der Waals surface area contributed by atoms with E-state index in [1.807, 2.05) is 0 Å². The predicted molar refractivity (Wildman–Crippen MR) is 157 cm³/mol. The molecule has 1 aliphatic heterocycles. The van der Waals surface area contributed by atoms with Gasteiger partial charge in [-0.1, -0.05) is 24.3 Å². The lowest BCUT2D eigenvalue weighted by Gasteiger charge is -2.38. The Labute approximate surface area is 237 Å². The molecule has 214 valence electrons. The normalized spacial score (nSPS) is 16.5. The van der Waals surface area contributed by atoms with Crippen LogP contribution in [0.3, 0.4) is 0 Å². The molecular weight excluding hydrogens is 550 g/mol. The van der Waals surface area contributed by atoms with Gasteiger partial charge in [0.05, 0.1) is 4.90 Å². The molecule has 13 heteroatoms. The number of guanidine groups is 1. The molecule has 1 amide bonds. The fraction of sp³-hybridized carbons (Fsp3) is 0.407. The molecule has 1 aromatic heterocycles. The van der Waals surface area contributed by atoms with Crippen molar-refractivity contribution in [1.82, 2.24) is 19.9 Å². The van der Waals surface area contributed by atoms with Gasteiger partial charge in [-0.15, -0.1) is 11.3 Å². The zero-order valence-corrected chi connectivity index (χ0v) is 23.8. The Kier molecular flexibility index (Phi) is 9.71. The third-order valence-electron chi connectivity index (χ3n) is 7.07. The van der Waals surface area contributed by atoms with Crippen molar-refractivity contribution in [1.29, 1.82) is 5.41 Å². The quantitative estimate of drug-likeness (QED) is 0.0706. The van der Waals surface area contributed by atoms with Crippen LogP contribution in [0.15, 0.2) is 52.9 Å². The van der Waals surface area contributed by atoms with Crippen molar-refractivity contribution in [2.24, 2.45) is 5.73 Å². The molecular formula is C27H35N7O4S2. The van der Waals surface area contributed by atoms with E-state index in [9.17, 15) is 18.0 Å². The Hall–Kier alpha value is -3.55. The van der Waals surface area contributed by atoms with Gasteiger partial charge >= 0.3 is 0 Å². The van der Waals surface area contributed by atoms with Gasteiger partial charge in [0.15, 0.2) is 16.8 Å². The molecule has 7 N–H and O–H groups in total. The molecule has 0 aliphatic carbocycles. The Balaban J connectivity index is 1.56. The van der Waals surface area contributed by atoms with Gasteiger partial charge in [0.25, 0.3) is 0 Å². The lowest BCUT2D eigenvalue weighted by molar-refractivity contribution is -0.137. The summed E-state index contributed by atoms with van der Waals surface area (Å²) in [5.41, 5.74) is 11.9. The van der Waals surface area contributed by atoms with E-state index < -0.39 is 16.1 Å². The number of aromatic nitrogens is 1. The number of nitrogens with zero attached hydrogens (tertiary/aromatic N) is 2. The van der Waals surface area contributed by atoms with Gasteiger partial charge in [0.1, 0.15) is 6.04 Å². The first-order valence-corrected chi connectivity index (χ1v) is 15.6. The summed E-state index contributed by atoms with van der Waals surface area (Å²) in [4.78, 5) is 32.4. The van der Waals surface area contributed by atoms with Crippen molar-refractivity contribution in [3.8, 4) is 0 Å². The average Bonchev–Trinajstić information content (AvgIpc) is 3.48. The fourth-order valence-electron chi connectivity index (χ4n) is 5.11. The highest BCUT2D eigenvalue weighted by Crippen LogP contribution is 2.28. The van der Waals surface area contributed by atoms with Crippen molar-refractivity contribution in [3.05, 3.63) is 53.0 Å². The summed E-state index contributed by atoms with van der Waals surface area (Å²) < 4.78 is 30.0. The van der Waals surface area contributed by atoms with E-state index in [4.69, 9.17) is 16.9 Å². The number of nitrogen functional groups attached to an aromatic ring is 1. The number of nitrogens with one attached hydrogen (secondary N) is 3. The van der Waals surface area contributed by atoms with Gasteiger partial charge in [-0.05, 0) is 50.7 Å². The number of Topliss-reactive ketones (excluding diaryl/α,β-unsaturated/α-hetero) is 1. The molecule has 0 spiro atoms. The smallest absolute Gasteiger partial charge is 0.241 e. The zero-order valence-electron chi connectivity index (χ0n) is 22.1. The van der Waals surface area contributed by atoms with Gasteiger partial charge in [0, 0.05) is 53.6 Å². The van der Waals surface area contributed by atoms with Crippen LogP contribution in [0.2, 0.25) is 0 Å². The van der Waals surface area contributed by atoms with Crippen LogP contribution in [-0.4, -0.2) is 61.1 Å². The van der Waals surface area contributed by atoms with Crippen molar-refractivity contribution in [2.75, 3.05) is 18.8 Å². The molecule has 4 rings (SSSR count). The summed E-state index contributed by atoms with van der Waals surface area (Å²) in [6.45, 7) is 0.807. The summed E-state index contributed by atoms with van der Waals surface area (Å²) in [5, 5.41) is 13.4. The third-order valence-corrected chi connectivity index (χ3v) is 9.42. The van der Waals surface area contributed by atoms with E-state index in [1.165, 1.54) is 17.4 Å². The van der Waals surface area contributed by atoms with Crippen LogP contribution < -0.4 is 21.5 Å². The number of carbonyl (C=O) groups excluding carboxylic acids is 2. The summed E-state index contributed by atoms with van der Waals surface area (Å²) in [6.07, 6.45) is 5.42. The van der Waals surface area contributed by atoms with Gasteiger partial charge in [-0.3, -0.25) is 15.0 Å². The van der Waals surface area contributed by atoms with Crippen LogP contribution in [0.5, 0.6) is 0 Å². The topological polar surface area (TPSA) is 184 Å². The first-order valence-electron chi connectivity index (χ1n) is 13.3. The summed E-state index contributed by atoms with van der Waals surface area (Å²) >= 11 is 1.29. The number of rotatable bonds is 12. The van der Waals surface area contributed by atoms with Crippen LogP contribution in [-0.2, 0) is 14.8 Å². The largest absolute Gasteiger partial charge is 0.398 e. The van der Waals surface area contributed by atoms with E-state index in [2.05, 4.69) is 15.0 Å². The summed E-state index contributed by atoms with van der Waals surface area (Å²) in [6, 6.07) is 8.75. The zero-order chi connectivity index (χ0) is 28.7. The maximum absolute atomic E-state index is 13.9. The fourth-order valence-corrected chi connectivity index (χ4v) is 7.16. The Morgan fingerprint density at radius 2 is 1.95 bits per heavy atom. The highest BCUT2D eigenvalue weighted by molar-refractivity contribution is 7.89. The van der Waals surface area contributed by atoms with Crippen molar-refractivity contribution in [2.45, 2.75) is 61.9 Å². The number of likely N-dealkylation sites (tertiary alicyclic amines) is 1. The summed E-state index contributed by atoms with van der Waals surface area (Å²) in [7, 11) is -4.11. The second-order valence-corrected chi connectivity index (χ2v) is 12.4. The third kappa shape index (κ3) is 7.14. The molecule has 1 saturated heterocycles. The molecule has 1 fully saturated rings. The van der Waals surface area contributed by atoms with E-state index in [-0.39, 0.29) is 41.4 Å². The predicted octanol–water partition coefficient (Wildman–Crippen LogP) is 2.83. The number of piperidine rings is 1. The van der Waals surface area contributed by atoms with Crippen molar-refractivity contribution >= 4 is 55.5 Å². The van der Waals surface area contributed by atoms with E-state index in [1.54, 1.807) is 46.8 Å². The van der Waals surface area contributed by atoms with E-state index >= 15 is 0 Å². The molecule has 0 radical (unpaired) electrons. The minimum absolute atomic E-state index is 0.0428. The maximum atomic E-state index is 13.9. The number of amides is 1. The molecule has 0 bridgehead atoms. The van der Waals surface area contributed by atoms with Crippen molar-refractivity contribution in [3.63, 3.8) is 0 Å². The molecule has 2 unspecified atom stereocenters. The minimum atomic E-state index is -4.11. The highest BCUT2D eigenvalue weighted by atomic mass is 32.2. The SMILES string of the molecule is N=C(N)NCCCC(NS(=O)(=O)c1cccc2c(N)cccc12)C(=O)N1CCCCC1CCC(=O)c1nccs1. The van der Waals surface area contributed by atoms with Gasteiger partial charge in [-0.25, -0.2) is 13.4 Å². The maximum Gasteiger partial charge on any atom is 0.241 e. The molecule has 40 heavy (non-hydrogen) atoms. The number of thiazole rings is 1. The number of ketones is 1. The Morgan fingerprint density at radius 3 is 2.70 bits per heavy atom. The lowest BCUT2D eigenvalue weighted by Crippen LogP contribution is -2.53. The van der Waals surface area contributed by atoms with Crippen LogP contribution in [0.25, 0.3) is 10.8 Å². The number of fused-ring (bicyclic) bond motifs is 1. The molecule has 2 aromatic carbocycles. The molecule has 2 atom stereocenters. The Morgan fingerprint density at radius 1 is 1.18 bits per heavy atom. The number of benzene rings is 2. The molecule has 0 saturated carbocycles. The molecule has 2 heterocycles. The van der Waals surface area contributed by atoms with Crippen LogP contribution in [0, 0.1) is 5.41 Å². The highest BCUT2D eigenvalue weighted by Gasteiger charge is 2.34. The van der Waals surface area contributed by atoms with Crippen LogP contribution in [0.1, 0.15) is 54.7 Å². The molecule has 3 aromatic rings. The number of anilines is 1. The summed E-state index contributed by atoms with van der Waals surface area (Å²) in [5.74, 6) is -0.578. The van der Waals surface area contributed by atoms with Gasteiger partial charge in [0.2, 0.25) is 15.9 Å². The second-order valence-electron chi connectivity index (χ2n) is 9.84. The number of hydrogen-bond donors (Lipinski definition) is 5. The van der Waals surface area contributed by atoms with Crippen LogP contribution >= 0.6 is 11.3 Å². The number of nitrogens with two attached hydrogens (primary N) is 2. The average molecular weight is 586 g/mol. The van der Waals surface area contributed by atoms with E-state index in [0.29, 0.717) is 47.4 Å². The van der Waals surface area contributed by atoms with Crippen LogP contribution in [0.4, 0.5) is 5.69 Å². The minimum Gasteiger partial charge on any atom is -0.398 e. The second kappa shape index (κ2) is 13.2. The lowest BCUT2D eigenvalue weighted by atomic mass is 9.95. The standard InChI is InChI=1S/C27H35N7O4S2/c28-21-9-3-8-20-19(21)7-4-11-24(20)40(37,38)33-22(10-5-14-32-27(29)30)26(36)34-16-2-1-6-18(34)12-13-23(35)25-31-15-17-39-25/h3-4,7-9,11,15,17-18,22,33H,1-2,5-6,10,12-14,16,28H2,(H4,29,30,32).